The molecule has 18 heavy (non-hydrogen) atoms. The van der Waals surface area contributed by atoms with Crippen molar-refractivity contribution in [3.05, 3.63) is 47.6 Å². The standard InChI is InChI=1S/C14H17N3O/c1-10-5-6-13-15-11(2)14(17(13)9-10)12(18)7-8-16(3)4/h5-9H,1-4H3/b8-7+. The number of aromatic nitrogens is 2. The Balaban J connectivity index is 2.53. The first kappa shape index (κ1) is 12.4. The number of aryl methyl sites for hydroxylation is 2. The fourth-order valence-corrected chi connectivity index (χ4v) is 1.86. The number of carbonyl (C=O) groups is 1. The summed E-state index contributed by atoms with van der Waals surface area (Å²) in [6.45, 7) is 3.86. The molecule has 0 N–H and O–H groups in total. The third kappa shape index (κ3) is 2.27. The van der Waals surface area contributed by atoms with Crippen molar-refractivity contribution in [1.29, 1.82) is 0 Å². The second-order valence-electron chi connectivity index (χ2n) is 4.62. The minimum atomic E-state index is -0.0284. The highest BCUT2D eigenvalue weighted by molar-refractivity contribution is 6.04. The van der Waals surface area contributed by atoms with Gasteiger partial charge < -0.3 is 4.90 Å². The van der Waals surface area contributed by atoms with Crippen LogP contribution in [0.15, 0.2) is 30.6 Å². The number of fused-ring (bicyclic) bond motifs is 1. The van der Waals surface area contributed by atoms with Gasteiger partial charge in [0.15, 0.2) is 0 Å². The molecule has 4 heteroatoms. The molecular weight excluding hydrogens is 226 g/mol. The van der Waals surface area contributed by atoms with E-state index >= 15 is 0 Å². The van der Waals surface area contributed by atoms with Gasteiger partial charge >= 0.3 is 0 Å². The molecule has 0 atom stereocenters. The smallest absolute Gasteiger partial charge is 0.205 e. The van der Waals surface area contributed by atoms with Gasteiger partial charge in [0.1, 0.15) is 11.3 Å². The van der Waals surface area contributed by atoms with E-state index in [2.05, 4.69) is 4.98 Å². The van der Waals surface area contributed by atoms with E-state index in [-0.39, 0.29) is 5.78 Å². The van der Waals surface area contributed by atoms with Gasteiger partial charge in [-0.2, -0.15) is 0 Å². The Labute approximate surface area is 107 Å². The van der Waals surface area contributed by atoms with E-state index in [9.17, 15) is 4.79 Å². The van der Waals surface area contributed by atoms with E-state index < -0.39 is 0 Å². The summed E-state index contributed by atoms with van der Waals surface area (Å²) in [5.41, 5.74) is 3.30. The Morgan fingerprint density at radius 1 is 1.33 bits per heavy atom. The van der Waals surface area contributed by atoms with Crippen molar-refractivity contribution in [2.45, 2.75) is 13.8 Å². The average molecular weight is 243 g/mol. The minimum Gasteiger partial charge on any atom is -0.383 e. The number of nitrogens with zero attached hydrogens (tertiary/aromatic N) is 3. The fraction of sp³-hybridized carbons (Fsp3) is 0.286. The topological polar surface area (TPSA) is 37.6 Å². The van der Waals surface area contributed by atoms with Gasteiger partial charge in [-0.1, -0.05) is 6.07 Å². The predicted octanol–water partition coefficient (Wildman–Crippen LogP) is 2.21. The summed E-state index contributed by atoms with van der Waals surface area (Å²) in [6, 6.07) is 3.92. The summed E-state index contributed by atoms with van der Waals surface area (Å²) in [7, 11) is 3.77. The molecule has 0 unspecified atom stereocenters. The first-order chi connectivity index (χ1) is 8.49. The van der Waals surface area contributed by atoms with Crippen LogP contribution in [0.2, 0.25) is 0 Å². The molecule has 0 bridgehead atoms. The van der Waals surface area contributed by atoms with Gasteiger partial charge in [-0.05, 0) is 25.5 Å². The van der Waals surface area contributed by atoms with Crippen LogP contribution in [-0.2, 0) is 0 Å². The van der Waals surface area contributed by atoms with E-state index in [4.69, 9.17) is 0 Å². The van der Waals surface area contributed by atoms with Gasteiger partial charge in [0, 0.05) is 32.6 Å². The maximum Gasteiger partial charge on any atom is 0.205 e. The highest BCUT2D eigenvalue weighted by Crippen LogP contribution is 2.14. The number of hydrogen-bond acceptors (Lipinski definition) is 3. The fourth-order valence-electron chi connectivity index (χ4n) is 1.86. The molecule has 2 rings (SSSR count). The number of rotatable bonds is 3. The van der Waals surface area contributed by atoms with Gasteiger partial charge in [-0.25, -0.2) is 4.98 Å². The zero-order valence-electron chi connectivity index (χ0n) is 11.1. The summed E-state index contributed by atoms with van der Waals surface area (Å²) in [6.07, 6.45) is 5.25. The van der Waals surface area contributed by atoms with Gasteiger partial charge in [-0.3, -0.25) is 9.20 Å². The lowest BCUT2D eigenvalue weighted by Gasteiger charge is -2.03. The van der Waals surface area contributed by atoms with Gasteiger partial charge in [0.25, 0.3) is 0 Å². The van der Waals surface area contributed by atoms with Crippen molar-refractivity contribution >= 4 is 11.4 Å². The Morgan fingerprint density at radius 2 is 2.06 bits per heavy atom. The summed E-state index contributed by atoms with van der Waals surface area (Å²) in [5, 5.41) is 0. The highest BCUT2D eigenvalue weighted by Gasteiger charge is 2.14. The maximum absolute atomic E-state index is 12.2. The van der Waals surface area contributed by atoms with Gasteiger partial charge in [0.05, 0.1) is 5.69 Å². The number of carbonyl (C=O) groups excluding carboxylic acids is 1. The van der Waals surface area contributed by atoms with Crippen LogP contribution in [0.3, 0.4) is 0 Å². The number of imidazole rings is 1. The summed E-state index contributed by atoms with van der Waals surface area (Å²) in [4.78, 5) is 18.4. The number of ketones is 1. The largest absolute Gasteiger partial charge is 0.383 e. The van der Waals surface area contributed by atoms with E-state index in [1.807, 2.05) is 55.6 Å². The normalized spacial score (nSPS) is 11.3. The molecule has 0 amide bonds. The number of allylic oxidation sites excluding steroid dienone is 1. The van der Waals surface area contributed by atoms with Crippen LogP contribution in [0, 0.1) is 13.8 Å². The molecule has 2 heterocycles. The van der Waals surface area contributed by atoms with Crippen LogP contribution >= 0.6 is 0 Å². The van der Waals surface area contributed by atoms with E-state index in [1.54, 1.807) is 12.3 Å². The summed E-state index contributed by atoms with van der Waals surface area (Å²) < 4.78 is 1.85. The lowest BCUT2D eigenvalue weighted by molar-refractivity contribution is 0.104. The van der Waals surface area contributed by atoms with Crippen LogP contribution in [0.4, 0.5) is 0 Å². The molecular formula is C14H17N3O. The van der Waals surface area contributed by atoms with Crippen molar-refractivity contribution in [1.82, 2.24) is 14.3 Å². The van der Waals surface area contributed by atoms with Crippen LogP contribution in [0.25, 0.3) is 5.65 Å². The maximum atomic E-state index is 12.2. The predicted molar refractivity (Wildman–Crippen MR) is 71.8 cm³/mol. The Morgan fingerprint density at radius 3 is 2.72 bits per heavy atom. The van der Waals surface area contributed by atoms with E-state index in [1.165, 1.54) is 0 Å². The molecule has 0 saturated carbocycles. The SMILES string of the molecule is Cc1ccc2nc(C)c(C(=O)/C=C/N(C)C)n2c1. The lowest BCUT2D eigenvalue weighted by Crippen LogP contribution is -2.06. The molecule has 2 aromatic heterocycles. The molecule has 0 aliphatic heterocycles. The van der Waals surface area contributed by atoms with Crippen molar-refractivity contribution < 1.29 is 4.79 Å². The lowest BCUT2D eigenvalue weighted by atomic mass is 10.2. The molecule has 0 aromatic carbocycles. The van der Waals surface area contributed by atoms with Crippen molar-refractivity contribution in [3.63, 3.8) is 0 Å². The molecule has 4 nitrogen and oxygen atoms in total. The zero-order chi connectivity index (χ0) is 13.3. The van der Waals surface area contributed by atoms with Crippen molar-refractivity contribution in [2.24, 2.45) is 0 Å². The molecule has 0 fully saturated rings. The molecule has 94 valence electrons. The number of pyridine rings is 1. The monoisotopic (exact) mass is 243 g/mol. The molecule has 2 aromatic rings. The van der Waals surface area contributed by atoms with E-state index in [0.29, 0.717) is 5.69 Å². The van der Waals surface area contributed by atoms with Crippen LogP contribution < -0.4 is 0 Å². The Bertz CT molecular complexity index is 623. The van der Waals surface area contributed by atoms with Gasteiger partial charge in [-0.15, -0.1) is 0 Å². The molecule has 0 radical (unpaired) electrons. The minimum absolute atomic E-state index is 0.0284. The Hall–Kier alpha value is -2.10. The third-order valence-electron chi connectivity index (χ3n) is 2.70. The average Bonchev–Trinajstić information content (AvgIpc) is 2.61. The molecule has 0 spiro atoms. The van der Waals surface area contributed by atoms with Crippen molar-refractivity contribution in [2.75, 3.05) is 14.1 Å². The summed E-state index contributed by atoms with van der Waals surface area (Å²) >= 11 is 0. The Kier molecular flexibility index (Phi) is 3.19. The quantitative estimate of drug-likeness (QED) is 0.612. The molecule has 0 aliphatic carbocycles. The van der Waals surface area contributed by atoms with Crippen molar-refractivity contribution in [3.8, 4) is 0 Å². The van der Waals surface area contributed by atoms with E-state index in [0.717, 1.165) is 16.9 Å². The molecule has 0 aliphatic rings. The first-order valence-electron chi connectivity index (χ1n) is 5.83. The second-order valence-corrected chi connectivity index (χ2v) is 4.62. The number of hydrogen-bond donors (Lipinski definition) is 0. The highest BCUT2D eigenvalue weighted by atomic mass is 16.1. The second kappa shape index (κ2) is 4.64. The van der Waals surface area contributed by atoms with Crippen LogP contribution in [-0.4, -0.2) is 34.2 Å². The zero-order valence-corrected chi connectivity index (χ0v) is 11.1. The summed E-state index contributed by atoms with van der Waals surface area (Å²) in [5.74, 6) is -0.0284. The van der Waals surface area contributed by atoms with Gasteiger partial charge in [0.2, 0.25) is 5.78 Å². The first-order valence-corrected chi connectivity index (χ1v) is 5.83. The third-order valence-corrected chi connectivity index (χ3v) is 2.70. The molecule has 0 saturated heterocycles. The van der Waals surface area contributed by atoms with Crippen LogP contribution in [0.5, 0.6) is 0 Å². The van der Waals surface area contributed by atoms with Crippen LogP contribution in [0.1, 0.15) is 21.7 Å².